The van der Waals surface area contributed by atoms with Gasteiger partial charge in [0.25, 0.3) is 11.8 Å². The summed E-state index contributed by atoms with van der Waals surface area (Å²) in [6.45, 7) is 3.38. The van der Waals surface area contributed by atoms with E-state index in [-0.39, 0.29) is 23.3 Å². The summed E-state index contributed by atoms with van der Waals surface area (Å²) in [5.74, 6) is -1.10. The number of hydrogen-bond donors (Lipinski definition) is 4. The molecule has 0 aliphatic rings. The lowest BCUT2D eigenvalue weighted by Crippen LogP contribution is -2.30. The third-order valence-electron chi connectivity index (χ3n) is 5.83. The van der Waals surface area contributed by atoms with Crippen LogP contribution in [-0.2, 0) is 14.4 Å². The lowest BCUT2D eigenvalue weighted by atomic mass is 10.1. The number of thioether (sulfide) groups is 1. The number of amides is 4. The van der Waals surface area contributed by atoms with Crippen molar-refractivity contribution in [1.82, 2.24) is 5.32 Å². The lowest BCUT2D eigenvalue weighted by Gasteiger charge is -2.12. The van der Waals surface area contributed by atoms with Crippen LogP contribution in [0.4, 0.5) is 17.1 Å². The maximum atomic E-state index is 13.3. The van der Waals surface area contributed by atoms with Gasteiger partial charge in [-0.1, -0.05) is 54.1 Å². The van der Waals surface area contributed by atoms with Gasteiger partial charge in [-0.25, -0.2) is 0 Å². The molecule has 4 aromatic rings. The van der Waals surface area contributed by atoms with E-state index in [0.29, 0.717) is 22.6 Å². The molecule has 4 rings (SSSR count). The second kappa shape index (κ2) is 14.5. The van der Waals surface area contributed by atoms with Crippen LogP contribution in [0.25, 0.3) is 6.08 Å². The van der Waals surface area contributed by atoms with Crippen LogP contribution in [0.15, 0.2) is 114 Å². The Morgan fingerprint density at radius 2 is 1.40 bits per heavy atom. The van der Waals surface area contributed by atoms with Crippen molar-refractivity contribution in [2.45, 2.75) is 18.7 Å². The van der Waals surface area contributed by atoms with Crippen LogP contribution in [0.5, 0.6) is 0 Å². The number of rotatable bonds is 10. The molecule has 0 bridgehead atoms. The molecule has 0 aliphatic heterocycles. The summed E-state index contributed by atoms with van der Waals surface area (Å²) >= 11 is 1.32. The monoisotopic (exact) mass is 578 g/mol. The fraction of sp³-hybridized carbons (Fsp3) is 0.0909. The van der Waals surface area contributed by atoms with Crippen LogP contribution in [0.2, 0.25) is 0 Å². The number of hydrogen-bond acceptors (Lipinski definition) is 5. The third kappa shape index (κ3) is 9.21. The lowest BCUT2D eigenvalue weighted by molar-refractivity contribution is -0.114. The fourth-order valence-electron chi connectivity index (χ4n) is 3.92. The van der Waals surface area contributed by atoms with Crippen molar-refractivity contribution in [2.75, 3.05) is 21.7 Å². The van der Waals surface area contributed by atoms with Crippen molar-refractivity contribution >= 4 is 58.5 Å². The van der Waals surface area contributed by atoms with E-state index in [1.807, 2.05) is 43.3 Å². The van der Waals surface area contributed by atoms with Crippen molar-refractivity contribution in [3.05, 3.63) is 126 Å². The zero-order valence-corrected chi connectivity index (χ0v) is 24.0. The average Bonchev–Trinajstić information content (AvgIpc) is 2.97. The minimum Gasteiger partial charge on any atom is -0.326 e. The molecule has 4 N–H and O–H groups in total. The molecule has 0 aliphatic carbocycles. The Hall–Kier alpha value is -5.15. The molecule has 0 aromatic heterocycles. The van der Waals surface area contributed by atoms with Gasteiger partial charge in [-0.05, 0) is 73.2 Å². The van der Waals surface area contributed by atoms with Gasteiger partial charge in [-0.3, -0.25) is 19.2 Å². The van der Waals surface area contributed by atoms with Crippen LogP contribution in [-0.4, -0.2) is 29.4 Å². The van der Waals surface area contributed by atoms with Gasteiger partial charge in [-0.2, -0.15) is 0 Å². The molecule has 4 aromatic carbocycles. The SMILES string of the molecule is CC(=O)Nc1ccc(NC(=O)CSc2cccc(NC(=O)/C(=C\c3cccc(C)c3)NC(=O)c3ccccc3)c2)cc1. The smallest absolute Gasteiger partial charge is 0.272 e. The van der Waals surface area contributed by atoms with Gasteiger partial charge in [0.05, 0.1) is 5.75 Å². The average molecular weight is 579 g/mol. The maximum Gasteiger partial charge on any atom is 0.272 e. The molecule has 212 valence electrons. The number of benzene rings is 4. The Labute approximate surface area is 248 Å². The number of anilines is 3. The van der Waals surface area contributed by atoms with E-state index in [4.69, 9.17) is 0 Å². The van der Waals surface area contributed by atoms with E-state index in [1.54, 1.807) is 72.8 Å². The molecule has 42 heavy (non-hydrogen) atoms. The molecule has 9 heteroatoms. The van der Waals surface area contributed by atoms with E-state index in [2.05, 4.69) is 21.3 Å². The number of aryl methyl sites for hydroxylation is 1. The topological polar surface area (TPSA) is 116 Å². The predicted molar refractivity (Wildman–Crippen MR) is 168 cm³/mol. The minimum absolute atomic E-state index is 0.0939. The van der Waals surface area contributed by atoms with Gasteiger partial charge in [0, 0.05) is 34.4 Å². The molecule has 4 amide bonds. The first-order valence-electron chi connectivity index (χ1n) is 13.1. The summed E-state index contributed by atoms with van der Waals surface area (Å²) in [6.07, 6.45) is 1.63. The summed E-state index contributed by atoms with van der Waals surface area (Å²) in [5.41, 5.74) is 4.09. The fourth-order valence-corrected chi connectivity index (χ4v) is 4.67. The van der Waals surface area contributed by atoms with Crippen molar-refractivity contribution in [3.8, 4) is 0 Å². The molecule has 0 heterocycles. The van der Waals surface area contributed by atoms with Gasteiger partial charge >= 0.3 is 0 Å². The first-order valence-corrected chi connectivity index (χ1v) is 14.1. The first kappa shape index (κ1) is 29.8. The largest absolute Gasteiger partial charge is 0.326 e. The van der Waals surface area contributed by atoms with Crippen molar-refractivity contribution in [3.63, 3.8) is 0 Å². The molecular weight excluding hydrogens is 548 g/mol. The minimum atomic E-state index is -0.483. The molecule has 0 fully saturated rings. The normalized spacial score (nSPS) is 10.9. The molecule has 0 radical (unpaired) electrons. The highest BCUT2D eigenvalue weighted by Crippen LogP contribution is 2.23. The van der Waals surface area contributed by atoms with E-state index >= 15 is 0 Å². The van der Waals surface area contributed by atoms with Crippen LogP contribution >= 0.6 is 11.8 Å². The van der Waals surface area contributed by atoms with Gasteiger partial charge in [-0.15, -0.1) is 11.8 Å². The standard InChI is InChI=1S/C33H30N4O4S/c1-22-8-6-9-24(18-22)19-30(37-32(40)25-10-4-3-5-11-25)33(41)36-28-12-7-13-29(20-28)42-21-31(39)35-27-16-14-26(15-17-27)34-23(2)38/h3-20H,21H2,1-2H3,(H,34,38)(H,35,39)(H,36,41)(H,37,40)/b30-19+. The maximum absolute atomic E-state index is 13.3. The summed E-state index contributed by atoms with van der Waals surface area (Å²) in [4.78, 5) is 50.7. The first-order chi connectivity index (χ1) is 20.2. The summed E-state index contributed by atoms with van der Waals surface area (Å²) in [5, 5.41) is 11.1. The number of nitrogens with one attached hydrogen (secondary N) is 4. The number of carbonyl (C=O) groups is 4. The molecule has 8 nitrogen and oxygen atoms in total. The van der Waals surface area contributed by atoms with Crippen LogP contribution < -0.4 is 21.3 Å². The predicted octanol–water partition coefficient (Wildman–Crippen LogP) is 6.09. The van der Waals surface area contributed by atoms with Crippen molar-refractivity contribution in [1.29, 1.82) is 0 Å². The van der Waals surface area contributed by atoms with Crippen molar-refractivity contribution < 1.29 is 19.2 Å². The van der Waals surface area contributed by atoms with E-state index in [0.717, 1.165) is 16.0 Å². The highest BCUT2D eigenvalue weighted by Gasteiger charge is 2.15. The molecule has 0 saturated heterocycles. The summed E-state index contributed by atoms with van der Waals surface area (Å²) in [6, 6.07) is 30.3. The quantitative estimate of drug-likeness (QED) is 0.134. The van der Waals surface area contributed by atoms with E-state index < -0.39 is 11.8 Å². The van der Waals surface area contributed by atoms with Crippen molar-refractivity contribution in [2.24, 2.45) is 0 Å². The van der Waals surface area contributed by atoms with E-state index in [9.17, 15) is 19.2 Å². The third-order valence-corrected chi connectivity index (χ3v) is 6.83. The Morgan fingerprint density at radius 3 is 2.10 bits per heavy atom. The number of carbonyl (C=O) groups excluding carboxylic acids is 4. The molecule has 0 unspecified atom stereocenters. The van der Waals surface area contributed by atoms with Gasteiger partial charge in [0.2, 0.25) is 11.8 Å². The van der Waals surface area contributed by atoms with Crippen LogP contribution in [0.1, 0.15) is 28.4 Å². The highest BCUT2D eigenvalue weighted by molar-refractivity contribution is 8.00. The Kier molecular flexibility index (Phi) is 10.3. The second-order valence-corrected chi connectivity index (χ2v) is 10.4. The van der Waals surface area contributed by atoms with E-state index in [1.165, 1.54) is 18.7 Å². The zero-order valence-electron chi connectivity index (χ0n) is 23.1. The van der Waals surface area contributed by atoms with Gasteiger partial charge in [0.1, 0.15) is 5.70 Å². The molecule has 0 atom stereocenters. The molecule has 0 spiro atoms. The van der Waals surface area contributed by atoms with Crippen LogP contribution in [0.3, 0.4) is 0 Å². The Bertz CT molecular complexity index is 1620. The Balaban J connectivity index is 1.41. The van der Waals surface area contributed by atoms with Crippen LogP contribution in [0, 0.1) is 6.92 Å². The highest BCUT2D eigenvalue weighted by atomic mass is 32.2. The van der Waals surface area contributed by atoms with Gasteiger partial charge < -0.3 is 21.3 Å². The molecular formula is C33H30N4O4S. The summed E-state index contributed by atoms with van der Waals surface area (Å²) in [7, 11) is 0. The molecule has 0 saturated carbocycles. The summed E-state index contributed by atoms with van der Waals surface area (Å²) < 4.78 is 0. The zero-order chi connectivity index (χ0) is 29.9. The second-order valence-electron chi connectivity index (χ2n) is 9.37. The Morgan fingerprint density at radius 1 is 0.714 bits per heavy atom. The van der Waals surface area contributed by atoms with Gasteiger partial charge in [0.15, 0.2) is 0 Å².